The van der Waals surface area contributed by atoms with E-state index >= 15 is 4.39 Å². The molecule has 3 aliphatic heterocycles. The topological polar surface area (TPSA) is 260 Å². The van der Waals surface area contributed by atoms with Gasteiger partial charge in [0.25, 0.3) is 0 Å². The van der Waals surface area contributed by atoms with Gasteiger partial charge in [0.1, 0.15) is 54.3 Å². The maximum absolute atomic E-state index is 15.8. The van der Waals surface area contributed by atoms with Crippen molar-refractivity contribution in [2.75, 3.05) is 18.1 Å². The summed E-state index contributed by atoms with van der Waals surface area (Å²) >= 11 is 0. The summed E-state index contributed by atoms with van der Waals surface area (Å²) in [4.78, 5) is 45.4. The van der Waals surface area contributed by atoms with Crippen LogP contribution in [0.5, 0.6) is 0 Å². The second-order valence-corrected chi connectivity index (χ2v) is 12.9. The van der Waals surface area contributed by atoms with Crippen LogP contribution in [-0.2, 0) is 32.2 Å². The summed E-state index contributed by atoms with van der Waals surface area (Å²) in [6, 6.07) is 0. The summed E-state index contributed by atoms with van der Waals surface area (Å²) in [5.41, 5.74) is 12.6. The molecule has 43 heavy (non-hydrogen) atoms. The molecule has 6 N–H and O–H groups in total. The standard InChI is InChI=1S/C21H23FN10O9P2/c22-13-16-9(39-21(13)32-8-30-15-18(24)26-6-28-20(15)32)1-2-42(33,34)40-10-3-12(38-11(10)4-37-43(35,36)41-16)31-7-29-14-17(23)25-5-27-19(14)31/h1-2,5-13,16,21H,3-4H2,(H,33,34)(H,35,36)(H2,23,25,27)(H2,24,26,28)/b2-1-/t9-,10+,11-,12-,13-,16-,21-/m1/s1. The predicted octanol–water partition coefficient (Wildman–Crippen LogP) is 0.954. The van der Waals surface area contributed by atoms with Crippen LogP contribution >= 0.6 is 15.4 Å². The molecule has 0 spiro atoms. The van der Waals surface area contributed by atoms with E-state index in [-0.39, 0.29) is 29.2 Å². The number of nitrogens with zero attached hydrogens (tertiary/aromatic N) is 8. The molecule has 22 heteroatoms. The fourth-order valence-corrected chi connectivity index (χ4v) is 7.20. The van der Waals surface area contributed by atoms with Gasteiger partial charge in [-0.1, -0.05) is 0 Å². The number of nitrogens with two attached hydrogens (primary N) is 2. The van der Waals surface area contributed by atoms with Crippen molar-refractivity contribution in [1.29, 1.82) is 0 Å². The van der Waals surface area contributed by atoms with E-state index in [0.717, 1.165) is 18.2 Å². The molecule has 7 rings (SSSR count). The minimum absolute atomic E-state index is 0.00571. The molecule has 0 radical (unpaired) electrons. The number of anilines is 2. The maximum Gasteiger partial charge on any atom is 0.472 e. The van der Waals surface area contributed by atoms with E-state index in [1.807, 2.05) is 0 Å². The zero-order chi connectivity index (χ0) is 30.1. The molecular formula is C21H23FN10O9P2. The van der Waals surface area contributed by atoms with Crippen molar-refractivity contribution in [3.05, 3.63) is 37.2 Å². The lowest BCUT2D eigenvalue weighted by Crippen LogP contribution is -2.32. The lowest BCUT2D eigenvalue weighted by Gasteiger charge is -2.25. The number of aromatic nitrogens is 8. The quantitative estimate of drug-likeness (QED) is 0.222. The minimum atomic E-state index is -4.96. The number of hydrogen-bond acceptors (Lipinski definition) is 15. The first kappa shape index (κ1) is 28.3. The number of phosphoric ester groups is 1. The largest absolute Gasteiger partial charge is 0.472 e. The van der Waals surface area contributed by atoms with Gasteiger partial charge in [-0.05, 0) is 6.08 Å². The van der Waals surface area contributed by atoms with Crippen molar-refractivity contribution in [3.63, 3.8) is 0 Å². The zero-order valence-electron chi connectivity index (χ0n) is 21.7. The van der Waals surface area contributed by atoms with Gasteiger partial charge in [0.2, 0.25) is 0 Å². The van der Waals surface area contributed by atoms with Gasteiger partial charge >= 0.3 is 15.4 Å². The van der Waals surface area contributed by atoms with Crippen LogP contribution in [0.4, 0.5) is 16.0 Å². The van der Waals surface area contributed by atoms with Crippen molar-refractivity contribution in [2.45, 2.75) is 49.5 Å². The van der Waals surface area contributed by atoms with Gasteiger partial charge < -0.3 is 30.7 Å². The van der Waals surface area contributed by atoms with Crippen LogP contribution in [0.15, 0.2) is 37.2 Å². The third-order valence-corrected chi connectivity index (χ3v) is 9.26. The summed E-state index contributed by atoms with van der Waals surface area (Å²) in [5.74, 6) is 0.974. The Balaban J connectivity index is 1.18. The number of imidazole rings is 2. The first-order valence-corrected chi connectivity index (χ1v) is 15.8. The average Bonchev–Trinajstić information content (AvgIpc) is 3.72. The lowest BCUT2D eigenvalue weighted by atomic mass is 10.1. The molecule has 19 nitrogen and oxygen atoms in total. The highest BCUT2D eigenvalue weighted by Crippen LogP contribution is 2.54. The van der Waals surface area contributed by atoms with Crippen LogP contribution in [0.3, 0.4) is 0 Å². The predicted molar refractivity (Wildman–Crippen MR) is 141 cm³/mol. The van der Waals surface area contributed by atoms with Crippen molar-refractivity contribution >= 4 is 49.4 Å². The molecule has 7 heterocycles. The molecule has 0 bridgehead atoms. The zero-order valence-corrected chi connectivity index (χ0v) is 23.5. The maximum atomic E-state index is 15.8. The fraction of sp³-hybridized carbons (Fsp3) is 0.429. The summed E-state index contributed by atoms with van der Waals surface area (Å²) in [6.45, 7) is -0.622. The van der Waals surface area contributed by atoms with E-state index in [1.54, 1.807) is 0 Å². The van der Waals surface area contributed by atoms with Gasteiger partial charge in [0.15, 0.2) is 35.3 Å². The first-order chi connectivity index (χ1) is 20.5. The van der Waals surface area contributed by atoms with Crippen LogP contribution < -0.4 is 11.5 Å². The Labute approximate surface area is 239 Å². The lowest BCUT2D eigenvalue weighted by molar-refractivity contribution is -0.0450. The Morgan fingerprint density at radius 3 is 2.23 bits per heavy atom. The van der Waals surface area contributed by atoms with Crippen molar-refractivity contribution in [1.82, 2.24) is 39.0 Å². The Morgan fingerprint density at radius 2 is 1.53 bits per heavy atom. The van der Waals surface area contributed by atoms with E-state index in [9.17, 15) is 18.9 Å². The number of rotatable bonds is 2. The molecule has 0 amide bonds. The van der Waals surface area contributed by atoms with Gasteiger partial charge in [0.05, 0.1) is 19.3 Å². The van der Waals surface area contributed by atoms with Crippen LogP contribution in [0, 0.1) is 0 Å². The van der Waals surface area contributed by atoms with E-state index in [1.165, 1.54) is 28.1 Å². The molecule has 228 valence electrons. The highest BCUT2D eigenvalue weighted by Gasteiger charge is 2.51. The van der Waals surface area contributed by atoms with Crippen molar-refractivity contribution in [3.8, 4) is 0 Å². The Kier molecular flexibility index (Phi) is 6.80. The molecule has 0 saturated carbocycles. The summed E-state index contributed by atoms with van der Waals surface area (Å²) in [7, 11) is -9.49. The van der Waals surface area contributed by atoms with Crippen LogP contribution in [0.2, 0.25) is 0 Å². The third kappa shape index (κ3) is 5.09. The SMILES string of the molecule is Nc1ncnc2c1ncn2[C@@H]1O[C@@H]2/C=C\P(=O)(O)O[C@H]3C[C@H](n4cnc5c(N)ncnc54)O[C@@H]3COP(=O)(O)O[C@H]2[C@H]1F. The van der Waals surface area contributed by atoms with E-state index in [0.29, 0.717) is 11.2 Å². The Hall–Kier alpha value is -3.45. The number of phosphoric acid groups is 1. The van der Waals surface area contributed by atoms with Gasteiger partial charge in [-0.2, -0.15) is 0 Å². The second-order valence-electron chi connectivity index (χ2n) is 9.85. The van der Waals surface area contributed by atoms with Crippen molar-refractivity contribution in [2.24, 2.45) is 0 Å². The average molecular weight is 640 g/mol. The molecule has 3 aliphatic rings. The smallest absolute Gasteiger partial charge is 0.382 e. The van der Waals surface area contributed by atoms with Crippen molar-refractivity contribution < 1.29 is 46.4 Å². The number of hydrogen-bond donors (Lipinski definition) is 4. The molecule has 2 saturated heterocycles. The normalized spacial score (nSPS) is 37.5. The van der Waals surface area contributed by atoms with Crippen LogP contribution in [0.25, 0.3) is 22.3 Å². The van der Waals surface area contributed by atoms with Crippen LogP contribution in [-0.4, -0.2) is 86.0 Å². The molecule has 9 atom stereocenters. The number of halogens is 1. The van der Waals surface area contributed by atoms with E-state index in [2.05, 4.69) is 29.9 Å². The van der Waals surface area contributed by atoms with Gasteiger partial charge in [-0.3, -0.25) is 27.3 Å². The monoisotopic (exact) mass is 640 g/mol. The summed E-state index contributed by atoms with van der Waals surface area (Å²) < 4.78 is 72.4. The highest BCUT2D eigenvalue weighted by atomic mass is 31.2. The number of nitrogen functional groups attached to an aromatic ring is 2. The molecule has 2 unspecified atom stereocenters. The Morgan fingerprint density at radius 1 is 0.884 bits per heavy atom. The molecule has 4 aromatic rings. The minimum Gasteiger partial charge on any atom is -0.382 e. The van der Waals surface area contributed by atoms with E-state index < -0.39 is 65.1 Å². The third-order valence-electron chi connectivity index (χ3n) is 7.15. The fourth-order valence-electron chi connectivity index (χ4n) is 5.19. The number of ether oxygens (including phenoxy) is 2. The van der Waals surface area contributed by atoms with Gasteiger partial charge in [0, 0.05) is 12.2 Å². The number of alkyl halides is 1. The highest BCUT2D eigenvalue weighted by molar-refractivity contribution is 7.56. The Bertz CT molecular complexity index is 1840. The van der Waals surface area contributed by atoms with Gasteiger partial charge in [-0.25, -0.2) is 38.9 Å². The molecule has 0 aromatic carbocycles. The molecule has 2 fully saturated rings. The summed E-state index contributed by atoms with van der Waals surface area (Å²) in [5, 5.41) is 0. The molecule has 0 aliphatic carbocycles. The molecule has 4 aromatic heterocycles. The number of fused-ring (bicyclic) bond motifs is 4. The van der Waals surface area contributed by atoms with Crippen LogP contribution in [0.1, 0.15) is 18.9 Å². The first-order valence-electron chi connectivity index (χ1n) is 12.7. The summed E-state index contributed by atoms with van der Waals surface area (Å²) in [6.07, 6.45) is -3.85. The second kappa shape index (κ2) is 10.3. The molecular weight excluding hydrogens is 617 g/mol. The van der Waals surface area contributed by atoms with Gasteiger partial charge in [-0.15, -0.1) is 0 Å². The van der Waals surface area contributed by atoms with E-state index in [4.69, 9.17) is 34.5 Å².